The molecule has 1 aromatic carbocycles. The molecule has 0 aliphatic carbocycles. The van der Waals surface area contributed by atoms with Gasteiger partial charge in [-0.25, -0.2) is 0 Å². The first-order valence-corrected chi connectivity index (χ1v) is 14.7. The van der Waals surface area contributed by atoms with Gasteiger partial charge in [-0.2, -0.15) is 0 Å². The molecule has 0 amide bonds. The molecule has 0 atom stereocenters. The molecule has 0 unspecified atom stereocenters. The van der Waals surface area contributed by atoms with E-state index < -0.39 is 0 Å². The Hall–Kier alpha value is -1.10. The van der Waals surface area contributed by atoms with Gasteiger partial charge in [-0.3, -0.25) is 9.80 Å². The Morgan fingerprint density at radius 3 is 1.11 bits per heavy atom. The van der Waals surface area contributed by atoms with Crippen molar-refractivity contribution in [3.63, 3.8) is 0 Å². The van der Waals surface area contributed by atoms with Gasteiger partial charge in [0.2, 0.25) is 0 Å². The summed E-state index contributed by atoms with van der Waals surface area (Å²) in [5.74, 6) is 0. The Kier molecular flexibility index (Phi) is 16.3. The van der Waals surface area contributed by atoms with Gasteiger partial charge in [-0.05, 0) is 89.2 Å². The van der Waals surface area contributed by atoms with E-state index in [9.17, 15) is 0 Å². The van der Waals surface area contributed by atoms with Crippen LogP contribution in [0, 0.1) is 0 Å². The number of nitrogens with one attached hydrogen (secondary N) is 6. The van der Waals surface area contributed by atoms with Crippen molar-refractivity contribution >= 4 is 0 Å². The standard InChI is InChI=1S/C28H54N8/c1-9-29-15-17-31-13-3-21-35(23-19-33-11-1)25-27-5-7-28(8-6-27)26-36-22-4-14-32-18-16-30-10-2-12-34-20-24-36/h5-8,29-34H,1-4,9-26H2/i5+1,6+1,7+1,8+1,27+1,28+1. The van der Waals surface area contributed by atoms with E-state index in [-0.39, 0.29) is 0 Å². The average molecular weight is 509 g/mol. The molecule has 8 heteroatoms. The fourth-order valence-corrected chi connectivity index (χ4v) is 4.92. The second-order valence-electron chi connectivity index (χ2n) is 10.3. The van der Waals surface area contributed by atoms with E-state index in [2.05, 4.69) is 66.0 Å². The molecule has 2 aliphatic heterocycles. The fraction of sp³-hybridized carbons (Fsp3) is 0.786. The van der Waals surface area contributed by atoms with E-state index in [0.717, 1.165) is 118 Å². The van der Waals surface area contributed by atoms with E-state index in [0.29, 0.717) is 0 Å². The molecular formula is C28H54N8. The lowest BCUT2D eigenvalue weighted by Crippen LogP contribution is -2.36. The van der Waals surface area contributed by atoms with Gasteiger partial charge in [0, 0.05) is 65.4 Å². The number of hydrogen-bond acceptors (Lipinski definition) is 8. The third-order valence-corrected chi connectivity index (χ3v) is 7.07. The summed E-state index contributed by atoms with van der Waals surface area (Å²) in [7, 11) is 0. The minimum Gasteiger partial charge on any atom is -0.315 e. The zero-order valence-corrected chi connectivity index (χ0v) is 22.8. The first-order valence-electron chi connectivity index (χ1n) is 14.7. The SMILES string of the molecule is C1CNCCNCCCN(C[13c]2[13cH][13cH][13c](CN3CCCNCCNCCCNCC3)[13cH][13cH]2)CCNC1. The smallest absolute Gasteiger partial charge is 0.0234 e. The van der Waals surface area contributed by atoms with E-state index in [4.69, 9.17) is 0 Å². The quantitative estimate of drug-likeness (QED) is 0.350. The fourth-order valence-electron chi connectivity index (χ4n) is 4.92. The number of rotatable bonds is 4. The summed E-state index contributed by atoms with van der Waals surface area (Å²) in [6.45, 7) is 19.6. The molecule has 6 N–H and O–H groups in total. The van der Waals surface area contributed by atoms with Crippen LogP contribution in [-0.4, -0.2) is 115 Å². The maximum atomic E-state index is 3.63. The molecular weight excluding hydrogens is 454 g/mol. The van der Waals surface area contributed by atoms with Gasteiger partial charge >= 0.3 is 0 Å². The topological polar surface area (TPSA) is 78.7 Å². The van der Waals surface area contributed by atoms with Crippen molar-refractivity contribution < 1.29 is 0 Å². The van der Waals surface area contributed by atoms with Crippen LogP contribution < -0.4 is 31.9 Å². The molecule has 2 saturated heterocycles. The first-order chi connectivity index (χ1) is 17.9. The van der Waals surface area contributed by atoms with Crippen molar-refractivity contribution in [1.82, 2.24) is 41.7 Å². The van der Waals surface area contributed by atoms with Crippen LogP contribution in [0.1, 0.15) is 36.8 Å². The van der Waals surface area contributed by atoms with Gasteiger partial charge in [-0.1, -0.05) is 24.3 Å². The molecule has 3 rings (SSSR count). The zero-order chi connectivity index (χ0) is 24.9. The lowest BCUT2D eigenvalue weighted by Gasteiger charge is -2.24. The van der Waals surface area contributed by atoms with Crippen LogP contribution in [0.4, 0.5) is 0 Å². The Balaban J connectivity index is 1.45. The molecule has 0 bridgehead atoms. The Bertz CT molecular complexity index is 558. The second-order valence-corrected chi connectivity index (χ2v) is 10.3. The average Bonchev–Trinajstić information content (AvgIpc) is 2.89. The highest BCUT2D eigenvalue weighted by Crippen LogP contribution is 2.11. The predicted octanol–water partition coefficient (Wildman–Crippen LogP) is 0.416. The van der Waals surface area contributed by atoms with E-state index in [1.54, 1.807) is 0 Å². The van der Waals surface area contributed by atoms with Crippen molar-refractivity contribution in [1.29, 1.82) is 0 Å². The minimum atomic E-state index is 1.04. The van der Waals surface area contributed by atoms with Gasteiger partial charge in [0.15, 0.2) is 0 Å². The summed E-state index contributed by atoms with van der Waals surface area (Å²) in [6.07, 6.45) is 4.80. The molecule has 0 radical (unpaired) electrons. The number of benzene rings is 1. The van der Waals surface area contributed by atoms with E-state index in [1.807, 2.05) is 0 Å². The lowest BCUT2D eigenvalue weighted by atomic mass is 10.3. The molecule has 8 nitrogen and oxygen atoms in total. The monoisotopic (exact) mass is 508 g/mol. The predicted molar refractivity (Wildman–Crippen MR) is 153 cm³/mol. The van der Waals surface area contributed by atoms with Gasteiger partial charge in [0.25, 0.3) is 0 Å². The molecule has 36 heavy (non-hydrogen) atoms. The van der Waals surface area contributed by atoms with Gasteiger partial charge in [0.05, 0.1) is 0 Å². The molecule has 2 heterocycles. The van der Waals surface area contributed by atoms with Gasteiger partial charge < -0.3 is 31.9 Å². The molecule has 0 aromatic heterocycles. The van der Waals surface area contributed by atoms with Crippen LogP contribution >= 0.6 is 0 Å². The first kappa shape index (κ1) is 29.5. The largest absolute Gasteiger partial charge is 0.315 e. The zero-order valence-electron chi connectivity index (χ0n) is 22.8. The third-order valence-electron chi connectivity index (χ3n) is 7.07. The van der Waals surface area contributed by atoms with Crippen molar-refractivity contribution in [3.05, 3.63) is 35.4 Å². The van der Waals surface area contributed by atoms with E-state index in [1.165, 1.54) is 36.8 Å². The molecule has 2 aliphatic rings. The molecule has 206 valence electrons. The maximum absolute atomic E-state index is 3.63. The van der Waals surface area contributed by atoms with Crippen LogP contribution in [0.25, 0.3) is 0 Å². The molecule has 1 aromatic rings. The van der Waals surface area contributed by atoms with Crippen LogP contribution in [0.15, 0.2) is 24.3 Å². The number of hydrogen-bond donors (Lipinski definition) is 6. The molecule has 0 saturated carbocycles. The summed E-state index contributed by atoms with van der Waals surface area (Å²) in [5.41, 5.74) is 2.86. The van der Waals surface area contributed by atoms with Gasteiger partial charge in [-0.15, -0.1) is 0 Å². The summed E-state index contributed by atoms with van der Waals surface area (Å²) >= 11 is 0. The van der Waals surface area contributed by atoms with Crippen LogP contribution in [0.5, 0.6) is 0 Å². The maximum Gasteiger partial charge on any atom is 0.0234 e. The summed E-state index contributed by atoms with van der Waals surface area (Å²) in [5, 5.41) is 21.4. The number of nitrogens with zero attached hydrogens (tertiary/aromatic N) is 2. The Morgan fingerprint density at radius 2 is 0.722 bits per heavy atom. The summed E-state index contributed by atoms with van der Waals surface area (Å²) in [6, 6.07) is 9.42. The van der Waals surface area contributed by atoms with Crippen molar-refractivity contribution in [2.24, 2.45) is 0 Å². The molecule has 0 spiro atoms. The highest BCUT2D eigenvalue weighted by molar-refractivity contribution is 5.22. The van der Waals surface area contributed by atoms with Crippen LogP contribution in [0.3, 0.4) is 0 Å². The lowest BCUT2D eigenvalue weighted by molar-refractivity contribution is 0.258. The van der Waals surface area contributed by atoms with Crippen molar-refractivity contribution in [3.8, 4) is 0 Å². The third kappa shape index (κ3) is 14.0. The summed E-state index contributed by atoms with van der Waals surface area (Å²) in [4.78, 5) is 5.23. The Labute approximate surface area is 220 Å². The summed E-state index contributed by atoms with van der Waals surface area (Å²) < 4.78 is 0. The Morgan fingerprint density at radius 1 is 0.389 bits per heavy atom. The minimum absolute atomic E-state index is 1.04. The van der Waals surface area contributed by atoms with Gasteiger partial charge in [0.1, 0.15) is 0 Å². The second kappa shape index (κ2) is 19.9. The van der Waals surface area contributed by atoms with E-state index >= 15 is 0 Å². The highest BCUT2D eigenvalue weighted by atomic mass is 15.2. The van der Waals surface area contributed by atoms with Crippen LogP contribution in [0.2, 0.25) is 0 Å². The van der Waals surface area contributed by atoms with Crippen molar-refractivity contribution in [2.75, 3.05) is 105 Å². The van der Waals surface area contributed by atoms with Crippen LogP contribution in [-0.2, 0) is 13.1 Å². The highest BCUT2D eigenvalue weighted by Gasteiger charge is 2.09. The molecule has 2 fully saturated rings. The van der Waals surface area contributed by atoms with Crippen molar-refractivity contribution in [2.45, 2.75) is 38.8 Å². The normalized spacial score (nSPS) is 22.9.